The Hall–Kier alpha value is -3.47. The average Bonchev–Trinajstić information content (AvgIpc) is 3.21. The van der Waals surface area contributed by atoms with Crippen molar-refractivity contribution in [2.24, 2.45) is 0 Å². The predicted molar refractivity (Wildman–Crippen MR) is 118 cm³/mol. The van der Waals surface area contributed by atoms with E-state index in [1.54, 1.807) is 12.4 Å². The van der Waals surface area contributed by atoms with Gasteiger partial charge < -0.3 is 10.2 Å². The molecule has 3 aromatic rings. The number of fused-ring (bicyclic) bond motifs is 1. The number of aryl methyl sites for hydroxylation is 1. The monoisotopic (exact) mass is 399 g/mol. The summed E-state index contributed by atoms with van der Waals surface area (Å²) in [6, 6.07) is 16.0. The fourth-order valence-electron chi connectivity index (χ4n) is 3.91. The van der Waals surface area contributed by atoms with Crippen LogP contribution in [0.1, 0.15) is 40.4 Å². The summed E-state index contributed by atoms with van der Waals surface area (Å²) in [7, 11) is 0. The van der Waals surface area contributed by atoms with Gasteiger partial charge in [-0.05, 0) is 65.4 Å². The summed E-state index contributed by atoms with van der Waals surface area (Å²) in [5.74, 6) is 0.0737. The summed E-state index contributed by atoms with van der Waals surface area (Å²) >= 11 is 0. The zero-order valence-corrected chi connectivity index (χ0v) is 17.3. The van der Waals surface area contributed by atoms with Crippen LogP contribution >= 0.6 is 0 Å². The molecule has 0 atom stereocenters. The lowest BCUT2D eigenvalue weighted by molar-refractivity contribution is -0.118. The molecule has 30 heavy (non-hydrogen) atoms. The van der Waals surface area contributed by atoms with E-state index in [-0.39, 0.29) is 11.8 Å². The second-order valence-electron chi connectivity index (χ2n) is 7.57. The lowest BCUT2D eigenvalue weighted by Crippen LogP contribution is -2.27. The predicted octanol–water partition coefficient (Wildman–Crippen LogP) is 4.29. The Labute approximate surface area is 176 Å². The Morgan fingerprint density at radius 1 is 1.10 bits per heavy atom. The van der Waals surface area contributed by atoms with Crippen LogP contribution in [0, 0.1) is 6.92 Å². The van der Waals surface area contributed by atoms with Crippen LogP contribution in [0.15, 0.2) is 60.9 Å². The van der Waals surface area contributed by atoms with Crippen LogP contribution in [0.5, 0.6) is 0 Å². The smallest absolute Gasteiger partial charge is 0.251 e. The molecule has 2 aromatic carbocycles. The summed E-state index contributed by atoms with van der Waals surface area (Å²) in [4.78, 5) is 30.6. The molecule has 5 heteroatoms. The quantitative estimate of drug-likeness (QED) is 0.696. The second-order valence-corrected chi connectivity index (χ2v) is 7.57. The maximum atomic E-state index is 12.6. The number of amides is 2. The van der Waals surface area contributed by atoms with Crippen molar-refractivity contribution in [1.82, 2.24) is 10.3 Å². The van der Waals surface area contributed by atoms with Crippen LogP contribution < -0.4 is 10.2 Å². The molecule has 1 aromatic heterocycles. The highest BCUT2D eigenvalue weighted by atomic mass is 16.2. The normalized spacial score (nSPS) is 12.5. The molecule has 2 heterocycles. The minimum atomic E-state index is -0.0921. The Balaban J connectivity index is 1.51. The average molecular weight is 399 g/mol. The maximum Gasteiger partial charge on any atom is 0.251 e. The molecule has 0 saturated carbocycles. The molecule has 0 radical (unpaired) electrons. The van der Waals surface area contributed by atoms with Crippen LogP contribution in [0.25, 0.3) is 11.1 Å². The van der Waals surface area contributed by atoms with Crippen LogP contribution in [0.4, 0.5) is 5.69 Å². The van der Waals surface area contributed by atoms with E-state index in [0.717, 1.165) is 40.9 Å². The molecular formula is C25H25N3O2. The fraction of sp³-hybridized carbons (Fsp3) is 0.240. The van der Waals surface area contributed by atoms with Gasteiger partial charge in [-0.1, -0.05) is 31.2 Å². The number of aromatic nitrogens is 1. The molecule has 0 spiro atoms. The van der Waals surface area contributed by atoms with Crippen LogP contribution in [-0.4, -0.2) is 23.3 Å². The van der Waals surface area contributed by atoms with Crippen molar-refractivity contribution >= 4 is 17.5 Å². The van der Waals surface area contributed by atoms with Crippen LogP contribution in [0.3, 0.4) is 0 Å². The van der Waals surface area contributed by atoms with E-state index in [4.69, 9.17) is 0 Å². The van der Waals surface area contributed by atoms with Gasteiger partial charge in [-0.2, -0.15) is 0 Å². The lowest BCUT2D eigenvalue weighted by atomic mass is 9.97. The van der Waals surface area contributed by atoms with Gasteiger partial charge in [0.25, 0.3) is 5.91 Å². The molecular weight excluding hydrogens is 374 g/mol. The minimum absolute atomic E-state index is 0.0921. The minimum Gasteiger partial charge on any atom is -0.348 e. The molecule has 152 valence electrons. The SMILES string of the molecule is CCC(=O)N1CCc2cc(-c3ccc(C(=O)NCc4cccnc4)c(C)c3)ccc21. The Bertz CT molecular complexity index is 1090. The third kappa shape index (κ3) is 3.96. The highest BCUT2D eigenvalue weighted by molar-refractivity contribution is 5.97. The third-order valence-electron chi connectivity index (χ3n) is 5.56. The van der Waals surface area contributed by atoms with Crippen molar-refractivity contribution in [3.63, 3.8) is 0 Å². The Kier molecular flexibility index (Phi) is 5.61. The number of rotatable bonds is 5. The number of hydrogen-bond donors (Lipinski definition) is 1. The van der Waals surface area contributed by atoms with Gasteiger partial charge in [-0.3, -0.25) is 14.6 Å². The van der Waals surface area contributed by atoms with Crippen molar-refractivity contribution in [3.05, 3.63) is 83.2 Å². The molecule has 5 nitrogen and oxygen atoms in total. The zero-order chi connectivity index (χ0) is 21.1. The summed E-state index contributed by atoms with van der Waals surface area (Å²) in [6.45, 7) is 5.05. The van der Waals surface area contributed by atoms with Crippen LogP contribution in [-0.2, 0) is 17.8 Å². The van der Waals surface area contributed by atoms with Crippen molar-refractivity contribution in [3.8, 4) is 11.1 Å². The number of nitrogens with one attached hydrogen (secondary N) is 1. The van der Waals surface area contributed by atoms with Crippen molar-refractivity contribution in [2.45, 2.75) is 33.2 Å². The topological polar surface area (TPSA) is 62.3 Å². The molecule has 0 aliphatic carbocycles. The van der Waals surface area contributed by atoms with Crippen molar-refractivity contribution in [2.75, 3.05) is 11.4 Å². The number of carbonyl (C=O) groups excluding carboxylic acids is 2. The Morgan fingerprint density at radius 2 is 1.90 bits per heavy atom. The van der Waals surface area contributed by atoms with E-state index in [1.165, 1.54) is 5.56 Å². The summed E-state index contributed by atoms with van der Waals surface area (Å²) < 4.78 is 0. The van der Waals surface area contributed by atoms with Crippen LogP contribution in [0.2, 0.25) is 0 Å². The second kappa shape index (κ2) is 8.49. The summed E-state index contributed by atoms with van der Waals surface area (Å²) in [5, 5.41) is 2.95. The first-order valence-electron chi connectivity index (χ1n) is 10.3. The zero-order valence-electron chi connectivity index (χ0n) is 17.3. The number of nitrogens with zero attached hydrogens (tertiary/aromatic N) is 2. The van der Waals surface area contributed by atoms with Crippen molar-refractivity contribution in [1.29, 1.82) is 0 Å². The molecule has 1 N–H and O–H groups in total. The number of hydrogen-bond acceptors (Lipinski definition) is 3. The van der Waals surface area contributed by atoms with Gasteiger partial charge in [0.05, 0.1) is 0 Å². The van der Waals surface area contributed by atoms with Gasteiger partial charge in [0.2, 0.25) is 5.91 Å². The van der Waals surface area contributed by atoms with Gasteiger partial charge in [0.15, 0.2) is 0 Å². The van der Waals surface area contributed by atoms with Gasteiger partial charge >= 0.3 is 0 Å². The number of benzene rings is 2. The molecule has 2 amide bonds. The first kappa shape index (κ1) is 19.8. The first-order valence-corrected chi connectivity index (χ1v) is 10.3. The molecule has 0 fully saturated rings. The van der Waals surface area contributed by atoms with E-state index in [9.17, 15) is 9.59 Å². The molecule has 1 aliphatic heterocycles. The lowest BCUT2D eigenvalue weighted by Gasteiger charge is -2.16. The van der Waals surface area contributed by atoms with E-state index in [1.807, 2.05) is 55.1 Å². The molecule has 1 aliphatic rings. The van der Waals surface area contributed by atoms with Gasteiger partial charge in [0.1, 0.15) is 0 Å². The summed E-state index contributed by atoms with van der Waals surface area (Å²) in [5.41, 5.74) is 6.96. The largest absolute Gasteiger partial charge is 0.348 e. The van der Waals surface area contributed by atoms with Gasteiger partial charge in [-0.25, -0.2) is 0 Å². The number of anilines is 1. The Morgan fingerprint density at radius 3 is 2.63 bits per heavy atom. The number of pyridine rings is 1. The molecule has 0 bridgehead atoms. The van der Waals surface area contributed by atoms with E-state index < -0.39 is 0 Å². The van der Waals surface area contributed by atoms with Gasteiger partial charge in [0, 0.05) is 43.2 Å². The standard InChI is InChI=1S/C25H25N3O2/c1-3-24(29)28-12-10-21-14-20(7-9-23(21)28)19-6-8-22(17(2)13-19)25(30)27-16-18-5-4-11-26-15-18/h4-9,11,13-15H,3,10,12,16H2,1-2H3,(H,27,30). The fourth-order valence-corrected chi connectivity index (χ4v) is 3.91. The van der Waals surface area contributed by atoms with Gasteiger partial charge in [-0.15, -0.1) is 0 Å². The maximum absolute atomic E-state index is 12.6. The highest BCUT2D eigenvalue weighted by Crippen LogP contribution is 2.33. The van der Waals surface area contributed by atoms with Crippen molar-refractivity contribution < 1.29 is 9.59 Å². The van der Waals surface area contributed by atoms with E-state index in [0.29, 0.717) is 18.5 Å². The number of carbonyl (C=O) groups is 2. The molecule has 0 saturated heterocycles. The van der Waals surface area contributed by atoms with E-state index in [2.05, 4.69) is 22.4 Å². The molecule has 0 unspecified atom stereocenters. The third-order valence-corrected chi connectivity index (χ3v) is 5.56. The highest BCUT2D eigenvalue weighted by Gasteiger charge is 2.23. The summed E-state index contributed by atoms with van der Waals surface area (Å²) in [6.07, 6.45) is 4.86. The molecule has 4 rings (SSSR count). The van der Waals surface area contributed by atoms with E-state index >= 15 is 0 Å². The first-order chi connectivity index (χ1) is 14.6.